The van der Waals surface area contributed by atoms with E-state index in [2.05, 4.69) is 36.2 Å². The van der Waals surface area contributed by atoms with Crippen LogP contribution in [0.2, 0.25) is 0 Å². The Labute approximate surface area is 278 Å². The SMILES string of the molecule is CN(CCS(=O)(=O)c1ccccn1)Cc1nc(-c2ccc3ncnc(Nc4ccc(OCc5cccc(F)c5)c(Br)c4)c3c2)cs1. The highest BCUT2D eigenvalue weighted by Crippen LogP contribution is 2.33. The third-order valence-corrected chi connectivity index (χ3v) is 10.1. The Morgan fingerprint density at radius 2 is 1.89 bits per heavy atom. The Morgan fingerprint density at radius 1 is 1.00 bits per heavy atom. The van der Waals surface area contributed by atoms with Gasteiger partial charge in [-0.2, -0.15) is 0 Å². The number of halogens is 2. The number of sulfone groups is 1. The number of nitrogens with one attached hydrogen (secondary N) is 1. The van der Waals surface area contributed by atoms with Crippen LogP contribution in [-0.2, 0) is 23.0 Å². The van der Waals surface area contributed by atoms with Gasteiger partial charge in [-0.15, -0.1) is 11.3 Å². The summed E-state index contributed by atoms with van der Waals surface area (Å²) >= 11 is 5.10. The molecule has 0 radical (unpaired) electrons. The molecule has 234 valence electrons. The quantitative estimate of drug-likeness (QED) is 0.140. The molecule has 0 unspecified atom stereocenters. The van der Waals surface area contributed by atoms with E-state index in [1.54, 1.807) is 18.2 Å². The van der Waals surface area contributed by atoms with Crippen LogP contribution in [0.15, 0.2) is 106 Å². The fraction of sp³-hybridized carbons (Fsp3) is 0.152. The second-order valence-electron chi connectivity index (χ2n) is 10.5. The summed E-state index contributed by atoms with van der Waals surface area (Å²) in [5.74, 6) is 0.937. The summed E-state index contributed by atoms with van der Waals surface area (Å²) in [4.78, 5) is 19.7. The van der Waals surface area contributed by atoms with Crippen molar-refractivity contribution >= 4 is 59.5 Å². The number of nitrogens with zero attached hydrogens (tertiary/aromatic N) is 5. The van der Waals surface area contributed by atoms with Gasteiger partial charge in [0, 0.05) is 34.8 Å². The van der Waals surface area contributed by atoms with Crippen LogP contribution in [0.25, 0.3) is 22.2 Å². The number of hydrogen-bond acceptors (Lipinski definition) is 10. The molecular weight excluding hydrogens is 691 g/mol. The lowest BCUT2D eigenvalue weighted by molar-refractivity contribution is 0.303. The topological polar surface area (TPSA) is 110 Å². The minimum absolute atomic E-state index is 0.0273. The number of fused-ring (bicyclic) bond motifs is 1. The van der Waals surface area contributed by atoms with Crippen molar-refractivity contribution < 1.29 is 17.5 Å². The van der Waals surface area contributed by atoms with E-state index >= 15 is 0 Å². The third-order valence-electron chi connectivity index (χ3n) is 7.06. The Balaban J connectivity index is 1.13. The van der Waals surface area contributed by atoms with Gasteiger partial charge in [-0.05, 0) is 83.1 Å². The molecule has 6 aromatic rings. The lowest BCUT2D eigenvalue weighted by Gasteiger charge is -2.14. The van der Waals surface area contributed by atoms with E-state index in [-0.39, 0.29) is 23.2 Å². The molecular formula is C33H28BrFN6O3S2. The van der Waals surface area contributed by atoms with Crippen molar-refractivity contribution in [3.63, 3.8) is 0 Å². The molecule has 46 heavy (non-hydrogen) atoms. The van der Waals surface area contributed by atoms with Crippen LogP contribution in [0.1, 0.15) is 10.6 Å². The summed E-state index contributed by atoms with van der Waals surface area (Å²) in [6.07, 6.45) is 3.00. The summed E-state index contributed by atoms with van der Waals surface area (Å²) in [5.41, 5.74) is 4.03. The maximum atomic E-state index is 13.5. The van der Waals surface area contributed by atoms with E-state index in [0.717, 1.165) is 42.9 Å². The van der Waals surface area contributed by atoms with Gasteiger partial charge < -0.3 is 10.1 Å². The highest BCUT2D eigenvalue weighted by molar-refractivity contribution is 9.10. The summed E-state index contributed by atoms with van der Waals surface area (Å²) in [5, 5.41) is 7.16. The number of thiazole rings is 1. The normalized spacial score (nSPS) is 11.7. The number of pyridine rings is 1. The first kappa shape index (κ1) is 31.7. The Hall–Kier alpha value is -4.30. The molecule has 9 nitrogen and oxygen atoms in total. The molecule has 0 aliphatic rings. The molecule has 0 aliphatic heterocycles. The average Bonchev–Trinajstić information content (AvgIpc) is 3.52. The number of ether oxygens (including phenoxy) is 1. The number of rotatable bonds is 12. The van der Waals surface area contributed by atoms with Crippen LogP contribution >= 0.6 is 27.3 Å². The van der Waals surface area contributed by atoms with E-state index in [1.165, 1.54) is 42.1 Å². The van der Waals surface area contributed by atoms with Crippen LogP contribution in [0.5, 0.6) is 5.75 Å². The fourth-order valence-corrected chi connectivity index (χ4v) is 7.32. The highest BCUT2D eigenvalue weighted by atomic mass is 79.9. The van der Waals surface area contributed by atoms with E-state index < -0.39 is 9.84 Å². The van der Waals surface area contributed by atoms with Crippen molar-refractivity contribution in [2.75, 3.05) is 24.7 Å². The minimum atomic E-state index is -3.46. The Bertz CT molecular complexity index is 2100. The van der Waals surface area contributed by atoms with E-state index in [4.69, 9.17) is 9.72 Å². The van der Waals surface area contributed by atoms with Gasteiger partial charge in [0.1, 0.15) is 35.3 Å². The largest absolute Gasteiger partial charge is 0.488 e. The summed E-state index contributed by atoms with van der Waals surface area (Å²) in [7, 11) is -1.58. The van der Waals surface area contributed by atoms with Crippen LogP contribution in [0.4, 0.5) is 15.9 Å². The molecule has 0 fully saturated rings. The van der Waals surface area contributed by atoms with Crippen LogP contribution in [0.3, 0.4) is 0 Å². The molecule has 0 saturated heterocycles. The zero-order chi connectivity index (χ0) is 32.1. The van der Waals surface area contributed by atoms with Crippen molar-refractivity contribution in [1.29, 1.82) is 0 Å². The van der Waals surface area contributed by atoms with E-state index in [1.807, 2.05) is 59.8 Å². The predicted molar refractivity (Wildman–Crippen MR) is 181 cm³/mol. The van der Waals surface area contributed by atoms with Gasteiger partial charge in [-0.1, -0.05) is 24.3 Å². The van der Waals surface area contributed by atoms with E-state index in [0.29, 0.717) is 24.7 Å². The van der Waals surface area contributed by atoms with Crippen molar-refractivity contribution in [3.8, 4) is 17.0 Å². The van der Waals surface area contributed by atoms with Gasteiger partial charge in [0.05, 0.1) is 28.0 Å². The average molecular weight is 720 g/mol. The van der Waals surface area contributed by atoms with Gasteiger partial charge in [0.15, 0.2) is 14.9 Å². The predicted octanol–water partition coefficient (Wildman–Crippen LogP) is 7.28. The number of anilines is 2. The summed E-state index contributed by atoms with van der Waals surface area (Å²) < 4.78 is 45.3. The van der Waals surface area contributed by atoms with Gasteiger partial charge in [-0.25, -0.2) is 32.7 Å². The molecule has 0 atom stereocenters. The summed E-state index contributed by atoms with van der Waals surface area (Å²) in [6.45, 7) is 1.11. The second kappa shape index (κ2) is 14.0. The molecule has 6 rings (SSSR count). The van der Waals surface area contributed by atoms with Crippen molar-refractivity contribution in [1.82, 2.24) is 24.8 Å². The molecule has 0 saturated carbocycles. The van der Waals surface area contributed by atoms with Crippen LogP contribution < -0.4 is 10.1 Å². The monoisotopic (exact) mass is 718 g/mol. The Kier molecular flexibility index (Phi) is 9.64. The molecule has 3 aromatic heterocycles. The smallest absolute Gasteiger partial charge is 0.196 e. The molecule has 0 amide bonds. The van der Waals surface area contributed by atoms with Gasteiger partial charge in [0.2, 0.25) is 0 Å². The molecule has 0 bridgehead atoms. The maximum Gasteiger partial charge on any atom is 0.196 e. The lowest BCUT2D eigenvalue weighted by Crippen LogP contribution is -2.25. The number of aromatic nitrogens is 4. The first-order chi connectivity index (χ1) is 22.2. The van der Waals surface area contributed by atoms with Crippen molar-refractivity contribution in [3.05, 3.63) is 118 Å². The fourth-order valence-electron chi connectivity index (χ4n) is 4.67. The molecule has 3 heterocycles. The molecule has 1 N–H and O–H groups in total. The maximum absolute atomic E-state index is 13.5. The standard InChI is InChI=1S/C33H28BrFN6O3S2/c1-41(13-14-46(42,43)32-7-2-3-12-36-32)18-31-40-29(20-45-31)23-8-10-28-26(16-23)33(38-21-37-28)39-25-9-11-30(27(34)17-25)44-19-22-5-4-6-24(35)15-22/h2-12,15-17,20-21H,13-14,18-19H2,1H3,(H,37,38,39). The van der Waals surface area contributed by atoms with Gasteiger partial charge in [-0.3, -0.25) is 4.90 Å². The molecule has 3 aromatic carbocycles. The van der Waals surface area contributed by atoms with Crippen LogP contribution in [-0.4, -0.2) is 52.6 Å². The number of hydrogen-bond donors (Lipinski definition) is 1. The Morgan fingerprint density at radius 3 is 2.70 bits per heavy atom. The first-order valence-electron chi connectivity index (χ1n) is 14.2. The van der Waals surface area contributed by atoms with Crippen molar-refractivity contribution in [2.45, 2.75) is 18.2 Å². The van der Waals surface area contributed by atoms with E-state index in [9.17, 15) is 12.8 Å². The first-order valence-corrected chi connectivity index (χ1v) is 17.5. The van der Waals surface area contributed by atoms with Gasteiger partial charge >= 0.3 is 0 Å². The zero-order valence-corrected chi connectivity index (χ0v) is 27.8. The third kappa shape index (κ3) is 7.73. The lowest BCUT2D eigenvalue weighted by atomic mass is 10.1. The molecule has 13 heteroatoms. The van der Waals surface area contributed by atoms with Crippen molar-refractivity contribution in [2.24, 2.45) is 0 Å². The molecule has 0 aliphatic carbocycles. The highest BCUT2D eigenvalue weighted by Gasteiger charge is 2.17. The second-order valence-corrected chi connectivity index (χ2v) is 14.3. The minimum Gasteiger partial charge on any atom is -0.488 e. The zero-order valence-electron chi connectivity index (χ0n) is 24.6. The summed E-state index contributed by atoms with van der Waals surface area (Å²) in [6, 6.07) is 22.7. The number of benzene rings is 3. The van der Waals surface area contributed by atoms with Crippen LogP contribution in [0, 0.1) is 5.82 Å². The molecule has 0 spiro atoms. The van der Waals surface area contributed by atoms with Gasteiger partial charge in [0.25, 0.3) is 0 Å².